The van der Waals surface area contributed by atoms with Crippen LogP contribution in [-0.4, -0.2) is 18.6 Å². The van der Waals surface area contributed by atoms with Gasteiger partial charge in [-0.05, 0) is 36.1 Å². The van der Waals surface area contributed by atoms with E-state index in [4.69, 9.17) is 11.6 Å². The van der Waals surface area contributed by atoms with Crippen LogP contribution in [0.1, 0.15) is 12.0 Å². The Balaban J connectivity index is 1.96. The van der Waals surface area contributed by atoms with E-state index < -0.39 is 0 Å². The Hall–Kier alpha value is -1.19. The van der Waals surface area contributed by atoms with Crippen LogP contribution < -0.4 is 10.7 Å². The van der Waals surface area contributed by atoms with Gasteiger partial charge in [0.2, 0.25) is 0 Å². The van der Waals surface area contributed by atoms with Gasteiger partial charge in [-0.1, -0.05) is 17.7 Å². The molecule has 0 atom stereocenters. The third kappa shape index (κ3) is 1.66. The molecule has 3 nitrogen and oxygen atoms in total. The summed E-state index contributed by atoms with van der Waals surface area (Å²) in [5.41, 5.74) is 7.22. The molecule has 0 fully saturated rings. The molecule has 16 heavy (non-hydrogen) atoms. The molecule has 0 spiro atoms. The van der Waals surface area contributed by atoms with Gasteiger partial charge in [0.15, 0.2) is 0 Å². The summed E-state index contributed by atoms with van der Waals surface area (Å²) in [4.78, 5) is 0. The van der Waals surface area contributed by atoms with E-state index >= 15 is 0 Å². The van der Waals surface area contributed by atoms with Crippen molar-refractivity contribution in [1.29, 1.82) is 0 Å². The van der Waals surface area contributed by atoms with E-state index in [0.717, 1.165) is 35.9 Å². The average Bonchev–Trinajstić information content (AvgIpc) is 2.49. The lowest BCUT2D eigenvalue weighted by atomic mass is 10.1. The van der Waals surface area contributed by atoms with E-state index in [0.29, 0.717) is 0 Å². The number of rotatable bonds is 0. The van der Waals surface area contributed by atoms with Crippen LogP contribution in [0.2, 0.25) is 5.02 Å². The van der Waals surface area contributed by atoms with Crippen molar-refractivity contribution in [2.24, 2.45) is 0 Å². The summed E-state index contributed by atoms with van der Waals surface area (Å²) >= 11 is 6.01. The van der Waals surface area contributed by atoms with Crippen LogP contribution in [0, 0.1) is 0 Å². The van der Waals surface area contributed by atoms with Crippen LogP contribution in [-0.2, 0) is 6.42 Å². The molecule has 2 aliphatic heterocycles. The van der Waals surface area contributed by atoms with E-state index in [-0.39, 0.29) is 0 Å². The van der Waals surface area contributed by atoms with E-state index in [1.54, 1.807) is 0 Å². The summed E-state index contributed by atoms with van der Waals surface area (Å²) in [6, 6.07) is 6.06. The van der Waals surface area contributed by atoms with E-state index in [9.17, 15) is 0 Å². The molecule has 2 N–H and O–H groups in total. The second-order valence-electron chi connectivity index (χ2n) is 4.37. The Morgan fingerprint density at radius 2 is 2.19 bits per heavy atom. The molecule has 0 aromatic heterocycles. The van der Waals surface area contributed by atoms with Gasteiger partial charge in [0, 0.05) is 24.3 Å². The zero-order valence-electron chi connectivity index (χ0n) is 9.18. The first-order valence-corrected chi connectivity index (χ1v) is 5.85. The zero-order valence-corrected chi connectivity index (χ0v) is 9.93. The first-order valence-electron chi connectivity index (χ1n) is 5.47. The van der Waals surface area contributed by atoms with Crippen molar-refractivity contribution in [3.05, 3.63) is 40.2 Å². The fraction of sp³-hybridized carbons (Fsp3) is 0.333. The summed E-state index contributed by atoms with van der Waals surface area (Å²) in [6.07, 6.45) is 2.18. The molecule has 0 bridgehead atoms. The maximum absolute atomic E-state index is 6.01. The normalized spacial score (nSPS) is 19.6. The van der Waals surface area contributed by atoms with Gasteiger partial charge in [-0.15, -0.1) is 0 Å². The zero-order chi connectivity index (χ0) is 11.1. The predicted molar refractivity (Wildman–Crippen MR) is 66.2 cm³/mol. The summed E-state index contributed by atoms with van der Waals surface area (Å²) in [7, 11) is 2.05. The highest BCUT2D eigenvalue weighted by Gasteiger charge is 2.22. The molecule has 4 heteroatoms. The van der Waals surface area contributed by atoms with Gasteiger partial charge in [-0.3, -0.25) is 0 Å². The highest BCUT2D eigenvalue weighted by atomic mass is 35.5. The number of aryl methyl sites for hydroxylation is 1. The van der Waals surface area contributed by atoms with Crippen LogP contribution in [0.4, 0.5) is 5.69 Å². The summed E-state index contributed by atoms with van der Waals surface area (Å²) in [5, 5.41) is 6.30. The first kappa shape index (κ1) is 10.00. The Labute approximate surface area is 100 Å². The van der Waals surface area contributed by atoms with Gasteiger partial charge in [-0.25, -0.2) is 5.01 Å². The number of hydrogen-bond acceptors (Lipinski definition) is 3. The van der Waals surface area contributed by atoms with Gasteiger partial charge in [0.05, 0.1) is 0 Å². The molecule has 3 rings (SSSR count). The lowest BCUT2D eigenvalue weighted by Gasteiger charge is -2.15. The number of benzene rings is 1. The quantitative estimate of drug-likeness (QED) is 0.723. The number of hydrogen-bond donors (Lipinski definition) is 2. The molecule has 1 aromatic carbocycles. The average molecular weight is 236 g/mol. The molecule has 0 amide bonds. The number of halogens is 1. The second-order valence-corrected chi connectivity index (χ2v) is 4.81. The SMILES string of the molecule is CN1CC2=C(Nc3cc(Cl)ccc3CC2)N1. The fourth-order valence-electron chi connectivity index (χ4n) is 2.30. The number of nitrogens with one attached hydrogen (secondary N) is 2. The van der Waals surface area contributed by atoms with E-state index in [2.05, 4.69) is 28.9 Å². The maximum Gasteiger partial charge on any atom is 0.118 e. The third-order valence-electron chi connectivity index (χ3n) is 3.11. The molecule has 1 aromatic rings. The molecule has 0 saturated carbocycles. The molecule has 0 aliphatic carbocycles. The van der Waals surface area contributed by atoms with Crippen LogP contribution >= 0.6 is 11.6 Å². The van der Waals surface area contributed by atoms with Crippen molar-refractivity contribution >= 4 is 17.3 Å². The fourth-order valence-corrected chi connectivity index (χ4v) is 2.47. The Morgan fingerprint density at radius 1 is 1.31 bits per heavy atom. The summed E-state index contributed by atoms with van der Waals surface area (Å²) < 4.78 is 0. The number of likely N-dealkylation sites (N-methyl/N-ethyl adjacent to an activating group) is 1. The Bertz CT molecular complexity index is 467. The van der Waals surface area contributed by atoms with Crippen molar-refractivity contribution < 1.29 is 0 Å². The smallest absolute Gasteiger partial charge is 0.118 e. The van der Waals surface area contributed by atoms with Crippen LogP contribution in [0.25, 0.3) is 0 Å². The number of anilines is 1. The van der Waals surface area contributed by atoms with Crippen LogP contribution in [0.3, 0.4) is 0 Å². The number of fused-ring (bicyclic) bond motifs is 1. The topological polar surface area (TPSA) is 27.3 Å². The molecule has 2 aliphatic rings. The van der Waals surface area contributed by atoms with Crippen molar-refractivity contribution in [1.82, 2.24) is 10.4 Å². The minimum atomic E-state index is 0.779. The van der Waals surface area contributed by atoms with Gasteiger partial charge < -0.3 is 10.7 Å². The van der Waals surface area contributed by atoms with Gasteiger partial charge in [0.1, 0.15) is 5.82 Å². The molecule has 0 unspecified atom stereocenters. The standard InChI is InChI=1S/C12H14ClN3/c1-16-7-9-3-2-8-4-5-10(13)6-11(8)14-12(9)15-16/h4-6,14-15H,2-3,7H2,1H3. The van der Waals surface area contributed by atoms with Crippen molar-refractivity contribution in [2.45, 2.75) is 12.8 Å². The van der Waals surface area contributed by atoms with Crippen LogP contribution in [0.15, 0.2) is 29.6 Å². The van der Waals surface area contributed by atoms with Crippen LogP contribution in [0.5, 0.6) is 0 Å². The highest BCUT2D eigenvalue weighted by Crippen LogP contribution is 2.30. The Morgan fingerprint density at radius 3 is 3.06 bits per heavy atom. The summed E-state index contributed by atoms with van der Waals surface area (Å²) in [6.45, 7) is 0.990. The maximum atomic E-state index is 6.01. The third-order valence-corrected chi connectivity index (χ3v) is 3.35. The summed E-state index contributed by atoms with van der Waals surface area (Å²) in [5.74, 6) is 1.13. The van der Waals surface area contributed by atoms with Crippen molar-refractivity contribution in [3.63, 3.8) is 0 Å². The molecular weight excluding hydrogens is 222 g/mol. The second kappa shape index (κ2) is 3.68. The van der Waals surface area contributed by atoms with Crippen molar-refractivity contribution in [2.75, 3.05) is 18.9 Å². The molecule has 2 heterocycles. The van der Waals surface area contributed by atoms with Gasteiger partial charge in [-0.2, -0.15) is 0 Å². The molecular formula is C12H14ClN3. The lowest BCUT2D eigenvalue weighted by molar-refractivity contribution is 0.319. The molecule has 0 radical (unpaired) electrons. The number of nitrogens with zero attached hydrogens (tertiary/aromatic N) is 1. The lowest BCUT2D eigenvalue weighted by Crippen LogP contribution is -2.29. The Kier molecular flexibility index (Phi) is 2.30. The van der Waals surface area contributed by atoms with E-state index in [1.807, 2.05) is 12.1 Å². The highest BCUT2D eigenvalue weighted by molar-refractivity contribution is 6.30. The predicted octanol–water partition coefficient (Wildman–Crippen LogP) is 2.36. The largest absolute Gasteiger partial charge is 0.341 e. The van der Waals surface area contributed by atoms with Gasteiger partial charge in [0.25, 0.3) is 0 Å². The first-order chi connectivity index (χ1) is 7.72. The molecule has 84 valence electrons. The number of hydrazine groups is 1. The minimum absolute atomic E-state index is 0.779. The monoisotopic (exact) mass is 235 g/mol. The van der Waals surface area contributed by atoms with E-state index in [1.165, 1.54) is 11.1 Å². The van der Waals surface area contributed by atoms with Gasteiger partial charge >= 0.3 is 0 Å². The molecule has 0 saturated heterocycles. The minimum Gasteiger partial charge on any atom is -0.341 e. The van der Waals surface area contributed by atoms with Crippen molar-refractivity contribution in [3.8, 4) is 0 Å².